The largest absolute Gasteiger partial charge is 0.264 e. The normalized spacial score (nSPS) is 12.3. The molecule has 13 heavy (non-hydrogen) atoms. The van der Waals surface area contributed by atoms with E-state index in [4.69, 9.17) is 0 Å². The molecule has 1 aliphatic carbocycles. The van der Waals surface area contributed by atoms with Crippen molar-refractivity contribution in [3.05, 3.63) is 41.9 Å². The van der Waals surface area contributed by atoms with Crippen molar-refractivity contribution in [1.29, 1.82) is 0 Å². The van der Waals surface area contributed by atoms with Gasteiger partial charge in [-0.05, 0) is 23.3 Å². The van der Waals surface area contributed by atoms with E-state index in [9.17, 15) is 0 Å². The van der Waals surface area contributed by atoms with Gasteiger partial charge in [0.25, 0.3) is 0 Å². The molecular weight excluding hydrogens is 162 g/mol. The zero-order valence-corrected chi connectivity index (χ0v) is 6.94. The predicted octanol–water partition coefficient (Wildman–Crippen LogP) is 1.44. The lowest BCUT2D eigenvalue weighted by Gasteiger charge is -1.95. The Morgan fingerprint density at radius 3 is 3.00 bits per heavy atom. The number of hydrogen-bond acceptors (Lipinski definition) is 3. The molecule has 0 aliphatic heterocycles. The van der Waals surface area contributed by atoms with Crippen molar-refractivity contribution in [2.75, 3.05) is 0 Å². The maximum Gasteiger partial charge on any atom is 0.0983 e. The number of nitrogens with zero attached hydrogens (tertiary/aromatic N) is 3. The quantitative estimate of drug-likeness (QED) is 0.511. The number of hydrogen-bond donors (Lipinski definition) is 0. The first-order chi connectivity index (χ1) is 6.45. The van der Waals surface area contributed by atoms with Crippen molar-refractivity contribution in [3.63, 3.8) is 0 Å². The Morgan fingerprint density at radius 2 is 2.00 bits per heavy atom. The van der Waals surface area contributed by atoms with Crippen molar-refractivity contribution >= 4 is 0 Å². The van der Waals surface area contributed by atoms with Crippen LogP contribution in [0.25, 0.3) is 11.3 Å². The van der Waals surface area contributed by atoms with Gasteiger partial charge in [0, 0.05) is 30.6 Å². The molecule has 0 bridgehead atoms. The summed E-state index contributed by atoms with van der Waals surface area (Å²) in [5.41, 5.74) is 4.67. The summed E-state index contributed by atoms with van der Waals surface area (Å²) in [4.78, 5) is 4.09. The van der Waals surface area contributed by atoms with Gasteiger partial charge in [0.15, 0.2) is 0 Å². The Kier molecular flexibility index (Phi) is 1.22. The minimum absolute atomic E-state index is 0.961. The van der Waals surface area contributed by atoms with E-state index in [0.717, 1.165) is 17.7 Å². The van der Waals surface area contributed by atoms with Gasteiger partial charge in [-0.25, -0.2) is 0 Å². The summed E-state index contributed by atoms with van der Waals surface area (Å²) in [6, 6.07) is 4.05. The molecule has 3 rings (SSSR count). The lowest BCUT2D eigenvalue weighted by Crippen LogP contribution is -1.86. The first-order valence-electron chi connectivity index (χ1n) is 4.19. The third-order valence-electron chi connectivity index (χ3n) is 2.35. The van der Waals surface area contributed by atoms with E-state index in [1.54, 1.807) is 6.20 Å². The number of aromatic nitrogens is 3. The van der Waals surface area contributed by atoms with Gasteiger partial charge in [-0.2, -0.15) is 10.2 Å². The summed E-state index contributed by atoms with van der Waals surface area (Å²) >= 11 is 0. The van der Waals surface area contributed by atoms with Gasteiger partial charge < -0.3 is 0 Å². The van der Waals surface area contributed by atoms with Gasteiger partial charge in [-0.3, -0.25) is 4.98 Å². The van der Waals surface area contributed by atoms with E-state index in [2.05, 4.69) is 15.2 Å². The number of rotatable bonds is 0. The second-order valence-corrected chi connectivity index (χ2v) is 3.11. The maximum absolute atomic E-state index is 4.11. The van der Waals surface area contributed by atoms with E-state index in [0.29, 0.717) is 0 Å². The topological polar surface area (TPSA) is 38.7 Å². The van der Waals surface area contributed by atoms with Crippen molar-refractivity contribution < 1.29 is 0 Å². The summed E-state index contributed by atoms with van der Waals surface area (Å²) in [6.07, 6.45) is 6.37. The highest BCUT2D eigenvalue weighted by atomic mass is 15.1. The molecule has 0 amide bonds. The monoisotopic (exact) mass is 169 g/mol. The van der Waals surface area contributed by atoms with Crippen LogP contribution in [0.4, 0.5) is 0 Å². The molecule has 2 aromatic rings. The number of pyridine rings is 1. The fourth-order valence-corrected chi connectivity index (χ4v) is 1.72. The molecule has 3 nitrogen and oxygen atoms in total. The fourth-order valence-electron chi connectivity index (χ4n) is 1.72. The van der Waals surface area contributed by atoms with Crippen LogP contribution >= 0.6 is 0 Å². The van der Waals surface area contributed by atoms with Crippen molar-refractivity contribution in [1.82, 2.24) is 15.2 Å². The summed E-state index contributed by atoms with van der Waals surface area (Å²) in [5, 5.41) is 7.99. The summed E-state index contributed by atoms with van der Waals surface area (Å²) in [7, 11) is 0. The van der Waals surface area contributed by atoms with Gasteiger partial charge in [-0.1, -0.05) is 0 Å². The minimum atomic E-state index is 0.961. The van der Waals surface area contributed by atoms with Crippen LogP contribution in [-0.2, 0) is 6.42 Å². The van der Waals surface area contributed by atoms with E-state index in [1.165, 1.54) is 11.1 Å². The lowest BCUT2D eigenvalue weighted by molar-refractivity contribution is 1.02. The first-order valence-corrected chi connectivity index (χ1v) is 4.19. The molecule has 0 fully saturated rings. The predicted molar refractivity (Wildman–Crippen MR) is 48.1 cm³/mol. The minimum Gasteiger partial charge on any atom is -0.264 e. The summed E-state index contributed by atoms with van der Waals surface area (Å²) in [6.45, 7) is 0. The van der Waals surface area contributed by atoms with E-state index >= 15 is 0 Å². The maximum atomic E-state index is 4.11. The van der Waals surface area contributed by atoms with Crippen LogP contribution in [0.2, 0.25) is 0 Å². The van der Waals surface area contributed by atoms with Crippen molar-refractivity contribution in [2.24, 2.45) is 0 Å². The summed E-state index contributed by atoms with van der Waals surface area (Å²) in [5.74, 6) is 0. The Hall–Kier alpha value is -1.77. The lowest BCUT2D eigenvalue weighted by atomic mass is 10.2. The highest BCUT2D eigenvalue weighted by Gasteiger charge is 2.18. The van der Waals surface area contributed by atoms with Crippen LogP contribution < -0.4 is 0 Å². The van der Waals surface area contributed by atoms with Gasteiger partial charge in [0.05, 0.1) is 5.69 Å². The second kappa shape index (κ2) is 2.36. The van der Waals surface area contributed by atoms with E-state index < -0.39 is 0 Å². The van der Waals surface area contributed by atoms with Crippen LogP contribution in [0.5, 0.6) is 0 Å². The molecule has 2 heterocycles. The van der Waals surface area contributed by atoms with Gasteiger partial charge >= 0.3 is 0 Å². The highest BCUT2D eigenvalue weighted by Crippen LogP contribution is 2.32. The number of fused-ring (bicyclic) bond motifs is 3. The van der Waals surface area contributed by atoms with E-state index in [-0.39, 0.29) is 0 Å². The fraction of sp³-hybridized carbons (Fsp3) is 0.100. The van der Waals surface area contributed by atoms with Crippen molar-refractivity contribution in [3.8, 4) is 11.3 Å². The molecular formula is C10H7N3. The highest BCUT2D eigenvalue weighted by molar-refractivity contribution is 5.71. The zero-order chi connectivity index (χ0) is 8.67. The Morgan fingerprint density at radius 1 is 1.08 bits per heavy atom. The smallest absolute Gasteiger partial charge is 0.0983 e. The van der Waals surface area contributed by atoms with Crippen LogP contribution in [0.15, 0.2) is 30.7 Å². The molecule has 3 heteroatoms. The molecule has 0 radical (unpaired) electrons. The van der Waals surface area contributed by atoms with Gasteiger partial charge in [-0.15, -0.1) is 0 Å². The Labute approximate surface area is 75.5 Å². The molecule has 0 saturated carbocycles. The molecule has 0 aromatic carbocycles. The van der Waals surface area contributed by atoms with Crippen molar-refractivity contribution in [2.45, 2.75) is 6.42 Å². The average molecular weight is 169 g/mol. The van der Waals surface area contributed by atoms with Crippen LogP contribution in [0.3, 0.4) is 0 Å². The SMILES string of the molecule is c1cc2c(cn1)-c1nnccc1C2. The standard InChI is InChI=1S/C10H7N3/c1-3-11-6-9-7(1)5-8-2-4-12-13-10(8)9/h1-4,6H,5H2. The molecule has 0 N–H and O–H groups in total. The van der Waals surface area contributed by atoms with Crippen LogP contribution in [0, 0.1) is 0 Å². The first kappa shape index (κ1) is 6.71. The second-order valence-electron chi connectivity index (χ2n) is 3.11. The molecule has 2 aromatic heterocycles. The van der Waals surface area contributed by atoms with Gasteiger partial charge in [0.1, 0.15) is 0 Å². The molecule has 1 aliphatic rings. The third kappa shape index (κ3) is 0.869. The molecule has 0 unspecified atom stereocenters. The molecule has 62 valence electrons. The molecule has 0 atom stereocenters. The average Bonchev–Trinajstić information content (AvgIpc) is 2.56. The van der Waals surface area contributed by atoms with Crippen LogP contribution in [0.1, 0.15) is 11.1 Å². The van der Waals surface area contributed by atoms with Gasteiger partial charge in [0.2, 0.25) is 0 Å². The Balaban J connectivity index is 2.32. The third-order valence-corrected chi connectivity index (χ3v) is 2.35. The summed E-state index contributed by atoms with van der Waals surface area (Å²) < 4.78 is 0. The van der Waals surface area contributed by atoms with E-state index in [1.807, 2.05) is 24.5 Å². The zero-order valence-electron chi connectivity index (χ0n) is 6.94. The molecule has 0 saturated heterocycles. The Bertz CT molecular complexity index is 422. The van der Waals surface area contributed by atoms with Crippen LogP contribution in [-0.4, -0.2) is 15.2 Å². The molecule has 0 spiro atoms.